The molecule has 3 amide bonds. The Morgan fingerprint density at radius 2 is 1.86 bits per heavy atom. The number of benzene rings is 1. The van der Waals surface area contributed by atoms with E-state index in [2.05, 4.69) is 26.0 Å². The summed E-state index contributed by atoms with van der Waals surface area (Å²) in [5.41, 5.74) is 1.55. The molecule has 0 aliphatic rings. The summed E-state index contributed by atoms with van der Waals surface area (Å²) in [6, 6.07) is 13.5. The largest absolute Gasteiger partial charge is 0.350 e. The van der Waals surface area contributed by atoms with E-state index in [1.807, 2.05) is 50.2 Å². The highest BCUT2D eigenvalue weighted by Crippen LogP contribution is 2.09. The van der Waals surface area contributed by atoms with Crippen molar-refractivity contribution in [2.75, 3.05) is 5.32 Å². The van der Waals surface area contributed by atoms with Crippen molar-refractivity contribution in [3.8, 4) is 5.82 Å². The molecule has 3 aromatic rings. The van der Waals surface area contributed by atoms with Gasteiger partial charge in [-0.25, -0.2) is 14.5 Å². The van der Waals surface area contributed by atoms with Gasteiger partial charge in [0.25, 0.3) is 0 Å². The van der Waals surface area contributed by atoms with Crippen LogP contribution in [0.4, 0.5) is 10.5 Å². The average molecular weight is 392 g/mol. The minimum absolute atomic E-state index is 0.0754. The molecule has 1 unspecified atom stereocenters. The third-order valence-electron chi connectivity index (χ3n) is 4.28. The Morgan fingerprint density at radius 1 is 1.07 bits per heavy atom. The zero-order valence-corrected chi connectivity index (χ0v) is 16.4. The van der Waals surface area contributed by atoms with E-state index >= 15 is 0 Å². The van der Waals surface area contributed by atoms with Crippen molar-refractivity contribution in [3.63, 3.8) is 0 Å². The molecule has 2 heterocycles. The van der Waals surface area contributed by atoms with Crippen LogP contribution in [0.1, 0.15) is 19.4 Å². The fraction of sp³-hybridized carbons (Fsp3) is 0.238. The number of rotatable bonds is 7. The first kappa shape index (κ1) is 20.1. The van der Waals surface area contributed by atoms with Crippen molar-refractivity contribution in [2.45, 2.75) is 26.4 Å². The maximum Gasteiger partial charge on any atom is 0.319 e. The van der Waals surface area contributed by atoms with Gasteiger partial charge in [0.05, 0.1) is 0 Å². The van der Waals surface area contributed by atoms with Gasteiger partial charge in [0.1, 0.15) is 6.04 Å². The van der Waals surface area contributed by atoms with E-state index in [9.17, 15) is 9.59 Å². The molecular formula is C21H24N6O2. The molecule has 3 rings (SSSR count). The molecule has 8 nitrogen and oxygen atoms in total. The van der Waals surface area contributed by atoms with Gasteiger partial charge in [-0.1, -0.05) is 32.0 Å². The first-order valence-corrected chi connectivity index (χ1v) is 9.38. The zero-order chi connectivity index (χ0) is 20.6. The number of amides is 3. The molecule has 0 bridgehead atoms. The van der Waals surface area contributed by atoms with Crippen LogP contribution in [0.15, 0.2) is 67.1 Å². The van der Waals surface area contributed by atoms with Crippen molar-refractivity contribution < 1.29 is 9.59 Å². The third kappa shape index (κ3) is 5.65. The number of hydrogen-bond acceptors (Lipinski definition) is 4. The van der Waals surface area contributed by atoms with Crippen LogP contribution in [-0.2, 0) is 11.3 Å². The minimum atomic E-state index is -0.661. The van der Waals surface area contributed by atoms with E-state index in [1.165, 1.54) is 0 Å². The van der Waals surface area contributed by atoms with Crippen LogP contribution in [0.25, 0.3) is 5.82 Å². The molecule has 0 saturated heterocycles. The summed E-state index contributed by atoms with van der Waals surface area (Å²) >= 11 is 0. The highest BCUT2D eigenvalue weighted by Gasteiger charge is 2.24. The van der Waals surface area contributed by atoms with Crippen LogP contribution in [0, 0.1) is 5.92 Å². The molecule has 29 heavy (non-hydrogen) atoms. The molecule has 0 radical (unpaired) electrons. The van der Waals surface area contributed by atoms with Crippen LogP contribution in [-0.4, -0.2) is 32.7 Å². The lowest BCUT2D eigenvalue weighted by molar-refractivity contribution is -0.124. The SMILES string of the molecule is CC(C)C(NC(=O)Nc1ccccc1)C(=O)NCc1ccnc(-n2cccn2)c1. The number of para-hydroxylation sites is 1. The Hall–Kier alpha value is -3.68. The van der Waals surface area contributed by atoms with Gasteiger partial charge in [0, 0.05) is 30.8 Å². The number of anilines is 1. The summed E-state index contributed by atoms with van der Waals surface area (Å²) in [5, 5.41) is 12.5. The number of carbonyl (C=O) groups is 2. The van der Waals surface area contributed by atoms with E-state index in [1.54, 1.807) is 35.4 Å². The maximum absolute atomic E-state index is 12.7. The molecule has 2 aromatic heterocycles. The molecule has 0 aliphatic carbocycles. The lowest BCUT2D eigenvalue weighted by atomic mass is 10.0. The monoisotopic (exact) mass is 392 g/mol. The number of pyridine rings is 1. The molecule has 150 valence electrons. The smallest absolute Gasteiger partial charge is 0.319 e. The second-order valence-corrected chi connectivity index (χ2v) is 6.88. The second-order valence-electron chi connectivity index (χ2n) is 6.88. The standard InChI is InChI=1S/C21H24N6O2/c1-15(2)19(26-21(29)25-17-7-4-3-5-8-17)20(28)23-14-16-9-11-22-18(13-16)27-12-6-10-24-27/h3-13,15,19H,14H2,1-2H3,(H,23,28)(H2,25,26,29). The van der Waals surface area contributed by atoms with E-state index in [4.69, 9.17) is 0 Å². The first-order valence-electron chi connectivity index (χ1n) is 9.38. The lowest BCUT2D eigenvalue weighted by Crippen LogP contribution is -2.50. The number of hydrogen-bond donors (Lipinski definition) is 3. The van der Waals surface area contributed by atoms with Gasteiger partial charge in [0.15, 0.2) is 5.82 Å². The molecule has 0 spiro atoms. The van der Waals surface area contributed by atoms with Crippen molar-refractivity contribution in [1.29, 1.82) is 0 Å². The van der Waals surface area contributed by atoms with E-state index < -0.39 is 12.1 Å². The summed E-state index contributed by atoms with van der Waals surface area (Å²) in [5.74, 6) is 0.344. The fourth-order valence-corrected chi connectivity index (χ4v) is 2.76. The average Bonchev–Trinajstić information content (AvgIpc) is 3.26. The Bertz CT molecular complexity index is 941. The zero-order valence-electron chi connectivity index (χ0n) is 16.4. The number of carbonyl (C=O) groups excluding carboxylic acids is 2. The first-order chi connectivity index (χ1) is 14.0. The van der Waals surface area contributed by atoms with Gasteiger partial charge in [-0.3, -0.25) is 4.79 Å². The van der Waals surface area contributed by atoms with Crippen LogP contribution in [0.2, 0.25) is 0 Å². The van der Waals surface area contributed by atoms with Gasteiger partial charge in [-0.05, 0) is 41.8 Å². The van der Waals surface area contributed by atoms with Gasteiger partial charge in [0.2, 0.25) is 5.91 Å². The maximum atomic E-state index is 12.7. The fourth-order valence-electron chi connectivity index (χ4n) is 2.76. The Morgan fingerprint density at radius 3 is 2.55 bits per heavy atom. The highest BCUT2D eigenvalue weighted by molar-refractivity contribution is 5.93. The highest BCUT2D eigenvalue weighted by atomic mass is 16.2. The summed E-state index contributed by atoms with van der Waals surface area (Å²) in [4.78, 5) is 29.2. The van der Waals surface area contributed by atoms with Gasteiger partial charge < -0.3 is 16.0 Å². The molecule has 1 aromatic carbocycles. The molecule has 0 aliphatic heterocycles. The van der Waals surface area contributed by atoms with E-state index in [0.29, 0.717) is 18.1 Å². The molecular weight excluding hydrogens is 368 g/mol. The molecule has 1 atom stereocenters. The molecule has 0 saturated carbocycles. The topological polar surface area (TPSA) is 101 Å². The minimum Gasteiger partial charge on any atom is -0.350 e. The quantitative estimate of drug-likeness (QED) is 0.575. The number of nitrogens with zero attached hydrogens (tertiary/aromatic N) is 3. The second kappa shape index (κ2) is 9.50. The van der Waals surface area contributed by atoms with Crippen molar-refractivity contribution >= 4 is 17.6 Å². The van der Waals surface area contributed by atoms with Crippen molar-refractivity contribution in [1.82, 2.24) is 25.4 Å². The summed E-state index contributed by atoms with van der Waals surface area (Å²) < 4.78 is 1.65. The van der Waals surface area contributed by atoms with E-state index in [-0.39, 0.29) is 11.8 Å². The van der Waals surface area contributed by atoms with Gasteiger partial charge in [-0.15, -0.1) is 0 Å². The van der Waals surface area contributed by atoms with E-state index in [0.717, 1.165) is 5.56 Å². The molecule has 3 N–H and O–H groups in total. The summed E-state index contributed by atoms with van der Waals surface area (Å²) in [6.07, 6.45) is 5.15. The predicted molar refractivity (Wildman–Crippen MR) is 110 cm³/mol. The summed E-state index contributed by atoms with van der Waals surface area (Å²) in [7, 11) is 0. The van der Waals surface area contributed by atoms with Crippen LogP contribution >= 0.6 is 0 Å². The summed E-state index contributed by atoms with van der Waals surface area (Å²) in [6.45, 7) is 4.09. The van der Waals surface area contributed by atoms with Crippen molar-refractivity contribution in [3.05, 3.63) is 72.7 Å². The van der Waals surface area contributed by atoms with Crippen molar-refractivity contribution in [2.24, 2.45) is 5.92 Å². The third-order valence-corrected chi connectivity index (χ3v) is 4.28. The normalized spacial score (nSPS) is 11.7. The van der Waals surface area contributed by atoms with Crippen LogP contribution < -0.4 is 16.0 Å². The predicted octanol–water partition coefficient (Wildman–Crippen LogP) is 2.73. The van der Waals surface area contributed by atoms with Crippen LogP contribution in [0.5, 0.6) is 0 Å². The number of nitrogens with one attached hydrogen (secondary N) is 3. The van der Waals surface area contributed by atoms with Gasteiger partial charge in [-0.2, -0.15) is 5.10 Å². The Kier molecular flexibility index (Phi) is 6.57. The Balaban J connectivity index is 1.58. The Labute approximate surface area is 169 Å². The van der Waals surface area contributed by atoms with Crippen LogP contribution in [0.3, 0.4) is 0 Å². The van der Waals surface area contributed by atoms with Gasteiger partial charge >= 0.3 is 6.03 Å². The number of aromatic nitrogens is 3. The number of urea groups is 1. The molecule has 8 heteroatoms. The molecule has 0 fully saturated rings. The lowest BCUT2D eigenvalue weighted by Gasteiger charge is -2.22.